The van der Waals surface area contributed by atoms with Gasteiger partial charge in [-0.2, -0.15) is 0 Å². The summed E-state index contributed by atoms with van der Waals surface area (Å²) in [6.45, 7) is 0. The third-order valence-corrected chi connectivity index (χ3v) is 3.37. The Morgan fingerprint density at radius 1 is 1.29 bits per heavy atom. The second-order valence-corrected chi connectivity index (χ2v) is 4.91. The third kappa shape index (κ3) is 3.40. The fourth-order valence-electron chi connectivity index (χ4n) is 2.22. The van der Waals surface area contributed by atoms with Gasteiger partial charge in [0.15, 0.2) is 0 Å². The van der Waals surface area contributed by atoms with E-state index in [0.29, 0.717) is 4.99 Å². The molecule has 0 unspecified atom stereocenters. The van der Waals surface area contributed by atoms with Gasteiger partial charge < -0.3 is 10.5 Å². The lowest BCUT2D eigenvalue weighted by atomic mass is 10.1. The molecule has 0 aliphatic heterocycles. The Hall–Kier alpha value is -1.16. The molecule has 0 aromatic carbocycles. The minimum absolute atomic E-state index is 0.287. The van der Waals surface area contributed by atoms with E-state index in [4.69, 9.17) is 22.7 Å². The van der Waals surface area contributed by atoms with E-state index in [1.54, 1.807) is 12.4 Å². The van der Waals surface area contributed by atoms with E-state index in [2.05, 4.69) is 4.98 Å². The average molecular weight is 250 g/mol. The highest BCUT2D eigenvalue weighted by atomic mass is 32.1. The smallest absolute Gasteiger partial charge is 0.148 e. The highest BCUT2D eigenvalue weighted by molar-refractivity contribution is 7.80. The van der Waals surface area contributed by atoms with Crippen molar-refractivity contribution in [2.75, 3.05) is 0 Å². The molecule has 1 aliphatic carbocycles. The molecule has 2 N–H and O–H groups in total. The molecular formula is C13H18N2OS. The molecule has 1 aromatic rings. The maximum absolute atomic E-state index is 6.00. The first-order chi connectivity index (χ1) is 8.27. The lowest BCUT2D eigenvalue weighted by molar-refractivity contribution is 0.183. The van der Waals surface area contributed by atoms with E-state index in [-0.39, 0.29) is 6.10 Å². The summed E-state index contributed by atoms with van der Waals surface area (Å²) >= 11 is 5.01. The molecule has 0 bridgehead atoms. The van der Waals surface area contributed by atoms with Crippen LogP contribution in [0.3, 0.4) is 0 Å². The summed E-state index contributed by atoms with van der Waals surface area (Å²) in [5.74, 6) is 0.729. The summed E-state index contributed by atoms with van der Waals surface area (Å²) in [6.07, 6.45) is 11.0. The molecule has 1 fully saturated rings. The van der Waals surface area contributed by atoms with Crippen molar-refractivity contribution >= 4 is 17.2 Å². The van der Waals surface area contributed by atoms with E-state index in [1.165, 1.54) is 25.7 Å². The zero-order chi connectivity index (χ0) is 12.1. The van der Waals surface area contributed by atoms with Crippen LogP contribution in [-0.2, 0) is 0 Å². The lowest BCUT2D eigenvalue weighted by Crippen LogP contribution is -2.19. The molecule has 2 rings (SSSR count). The van der Waals surface area contributed by atoms with E-state index >= 15 is 0 Å². The zero-order valence-corrected chi connectivity index (χ0v) is 10.7. The van der Waals surface area contributed by atoms with Gasteiger partial charge in [0.05, 0.1) is 17.9 Å². The van der Waals surface area contributed by atoms with Crippen molar-refractivity contribution in [2.45, 2.75) is 44.6 Å². The van der Waals surface area contributed by atoms with Crippen LogP contribution >= 0.6 is 12.2 Å². The van der Waals surface area contributed by atoms with Gasteiger partial charge in [0, 0.05) is 6.20 Å². The number of nitrogens with zero attached hydrogens (tertiary/aromatic N) is 1. The van der Waals surface area contributed by atoms with Crippen molar-refractivity contribution in [1.82, 2.24) is 4.98 Å². The highest BCUT2D eigenvalue weighted by Crippen LogP contribution is 2.24. The molecule has 0 atom stereocenters. The maximum Gasteiger partial charge on any atom is 0.148 e. The Morgan fingerprint density at radius 2 is 2.00 bits per heavy atom. The molecule has 0 saturated heterocycles. The van der Waals surface area contributed by atoms with Crippen LogP contribution in [0.15, 0.2) is 18.5 Å². The normalized spacial score (nSPS) is 17.4. The number of hydrogen-bond donors (Lipinski definition) is 1. The van der Waals surface area contributed by atoms with Gasteiger partial charge in [-0.1, -0.05) is 25.1 Å². The van der Waals surface area contributed by atoms with Crippen molar-refractivity contribution in [3.8, 4) is 5.75 Å². The third-order valence-electron chi connectivity index (χ3n) is 3.15. The average Bonchev–Trinajstić information content (AvgIpc) is 2.58. The number of thiocarbonyl (C=S) groups is 1. The fourth-order valence-corrected chi connectivity index (χ4v) is 2.39. The number of rotatable bonds is 3. The SMILES string of the molecule is NC(=S)c1ccncc1OC1CCCCCC1. The zero-order valence-electron chi connectivity index (χ0n) is 9.89. The van der Waals surface area contributed by atoms with Gasteiger partial charge in [-0.15, -0.1) is 0 Å². The molecule has 1 aliphatic rings. The molecular weight excluding hydrogens is 232 g/mol. The van der Waals surface area contributed by atoms with E-state index in [0.717, 1.165) is 24.2 Å². The van der Waals surface area contributed by atoms with Crippen molar-refractivity contribution in [3.63, 3.8) is 0 Å². The van der Waals surface area contributed by atoms with Crippen LogP contribution in [0.4, 0.5) is 0 Å². The van der Waals surface area contributed by atoms with Gasteiger partial charge in [-0.05, 0) is 31.7 Å². The first kappa shape index (κ1) is 12.3. The summed E-state index contributed by atoms with van der Waals surface area (Å²) in [7, 11) is 0. The maximum atomic E-state index is 6.00. The standard InChI is InChI=1S/C13H18N2OS/c14-13(17)11-7-8-15-9-12(11)16-10-5-3-1-2-4-6-10/h7-10H,1-6H2,(H2,14,17). The Balaban J connectivity index is 2.09. The predicted octanol–water partition coefficient (Wildman–Crippen LogP) is 2.82. The molecule has 0 radical (unpaired) electrons. The number of aromatic nitrogens is 1. The second kappa shape index (κ2) is 5.96. The van der Waals surface area contributed by atoms with E-state index in [9.17, 15) is 0 Å². The summed E-state index contributed by atoms with van der Waals surface area (Å²) in [6, 6.07) is 1.81. The molecule has 1 saturated carbocycles. The topological polar surface area (TPSA) is 48.1 Å². The van der Waals surface area contributed by atoms with Crippen LogP contribution in [0.5, 0.6) is 5.75 Å². The summed E-state index contributed by atoms with van der Waals surface area (Å²) < 4.78 is 6.00. The Kier molecular flexibility index (Phi) is 4.31. The van der Waals surface area contributed by atoms with Gasteiger partial charge in [0.2, 0.25) is 0 Å². The van der Waals surface area contributed by atoms with E-state index < -0.39 is 0 Å². The molecule has 0 spiro atoms. The first-order valence-corrected chi connectivity index (χ1v) is 6.58. The molecule has 92 valence electrons. The monoisotopic (exact) mass is 250 g/mol. The van der Waals surface area contributed by atoms with Crippen molar-refractivity contribution in [2.24, 2.45) is 5.73 Å². The van der Waals surface area contributed by atoms with Crippen LogP contribution in [0.25, 0.3) is 0 Å². The number of hydrogen-bond acceptors (Lipinski definition) is 3. The number of ether oxygens (including phenoxy) is 1. The number of pyridine rings is 1. The largest absolute Gasteiger partial charge is 0.488 e. The summed E-state index contributed by atoms with van der Waals surface area (Å²) in [4.78, 5) is 4.45. The molecule has 1 aromatic heterocycles. The molecule has 17 heavy (non-hydrogen) atoms. The Bertz CT molecular complexity index is 387. The minimum Gasteiger partial charge on any atom is -0.488 e. The van der Waals surface area contributed by atoms with Crippen LogP contribution < -0.4 is 10.5 Å². The first-order valence-electron chi connectivity index (χ1n) is 6.18. The van der Waals surface area contributed by atoms with Crippen LogP contribution in [0, 0.1) is 0 Å². The van der Waals surface area contributed by atoms with E-state index in [1.807, 2.05) is 6.07 Å². The van der Waals surface area contributed by atoms with Crippen LogP contribution in [-0.4, -0.2) is 16.1 Å². The minimum atomic E-state index is 0.287. The Morgan fingerprint density at radius 3 is 2.65 bits per heavy atom. The summed E-state index contributed by atoms with van der Waals surface area (Å²) in [5, 5.41) is 0. The van der Waals surface area contributed by atoms with Gasteiger partial charge in [0.25, 0.3) is 0 Å². The quantitative estimate of drug-likeness (QED) is 0.662. The van der Waals surface area contributed by atoms with Gasteiger partial charge >= 0.3 is 0 Å². The van der Waals surface area contributed by atoms with Crippen LogP contribution in [0.1, 0.15) is 44.1 Å². The Labute approximate surface area is 107 Å². The highest BCUT2D eigenvalue weighted by Gasteiger charge is 2.16. The lowest BCUT2D eigenvalue weighted by Gasteiger charge is -2.18. The van der Waals surface area contributed by atoms with Gasteiger partial charge in [0.1, 0.15) is 10.7 Å². The van der Waals surface area contributed by atoms with Gasteiger partial charge in [-0.25, -0.2) is 0 Å². The van der Waals surface area contributed by atoms with Crippen molar-refractivity contribution in [1.29, 1.82) is 0 Å². The molecule has 1 heterocycles. The second-order valence-electron chi connectivity index (χ2n) is 4.47. The predicted molar refractivity (Wildman–Crippen MR) is 72.2 cm³/mol. The fraction of sp³-hybridized carbons (Fsp3) is 0.538. The number of nitrogens with two attached hydrogens (primary N) is 1. The van der Waals surface area contributed by atoms with Crippen molar-refractivity contribution in [3.05, 3.63) is 24.0 Å². The molecule has 3 nitrogen and oxygen atoms in total. The summed E-state index contributed by atoms with van der Waals surface area (Å²) in [5.41, 5.74) is 6.47. The molecule has 0 amide bonds. The molecule has 4 heteroatoms. The van der Waals surface area contributed by atoms with Gasteiger partial charge in [-0.3, -0.25) is 4.98 Å². The van der Waals surface area contributed by atoms with Crippen LogP contribution in [0.2, 0.25) is 0 Å². The van der Waals surface area contributed by atoms with Crippen molar-refractivity contribution < 1.29 is 4.74 Å².